The third-order valence-corrected chi connectivity index (χ3v) is 3.50. The first-order chi connectivity index (χ1) is 10.3. The molecule has 2 aromatic rings. The standard InChI is InChI=1S/C16H18N4O/c1-4-5-12-6-7-13-14(10-12)20(11-21-3)16-15(19(13)2)17-8-9-18-16/h4-10H,11H2,1-3H3/b5-4+. The molecule has 0 bridgehead atoms. The van der Waals surface area contributed by atoms with Crippen molar-refractivity contribution in [2.24, 2.45) is 0 Å². The van der Waals surface area contributed by atoms with Gasteiger partial charge in [0.2, 0.25) is 0 Å². The molecule has 0 N–H and O–H groups in total. The molecule has 1 aliphatic heterocycles. The van der Waals surface area contributed by atoms with Gasteiger partial charge in [0.05, 0.1) is 11.4 Å². The molecule has 0 fully saturated rings. The zero-order valence-electron chi connectivity index (χ0n) is 12.4. The summed E-state index contributed by atoms with van der Waals surface area (Å²) in [5, 5.41) is 0. The van der Waals surface area contributed by atoms with Crippen LogP contribution in [-0.2, 0) is 4.74 Å². The van der Waals surface area contributed by atoms with Crippen molar-refractivity contribution in [2.75, 3.05) is 30.7 Å². The molecule has 1 aromatic heterocycles. The van der Waals surface area contributed by atoms with Gasteiger partial charge in [0.25, 0.3) is 0 Å². The molecule has 0 radical (unpaired) electrons. The highest BCUT2D eigenvalue weighted by molar-refractivity contribution is 5.90. The van der Waals surface area contributed by atoms with Crippen molar-refractivity contribution in [3.8, 4) is 0 Å². The second kappa shape index (κ2) is 5.54. The Hall–Kier alpha value is -2.40. The van der Waals surface area contributed by atoms with E-state index in [1.54, 1.807) is 19.5 Å². The summed E-state index contributed by atoms with van der Waals surface area (Å²) in [6, 6.07) is 6.34. The van der Waals surface area contributed by atoms with Gasteiger partial charge in [0.1, 0.15) is 6.73 Å². The number of rotatable bonds is 3. The quantitative estimate of drug-likeness (QED) is 0.863. The van der Waals surface area contributed by atoms with Gasteiger partial charge in [0.15, 0.2) is 11.6 Å². The third kappa shape index (κ3) is 2.25. The lowest BCUT2D eigenvalue weighted by Crippen LogP contribution is -2.30. The average molecular weight is 282 g/mol. The fourth-order valence-corrected chi connectivity index (χ4v) is 2.57. The van der Waals surface area contributed by atoms with E-state index >= 15 is 0 Å². The summed E-state index contributed by atoms with van der Waals surface area (Å²) in [7, 11) is 3.69. The Morgan fingerprint density at radius 2 is 1.90 bits per heavy atom. The minimum atomic E-state index is 0.436. The van der Waals surface area contributed by atoms with Crippen LogP contribution in [0.5, 0.6) is 0 Å². The number of aromatic nitrogens is 2. The maximum absolute atomic E-state index is 5.35. The molecule has 0 atom stereocenters. The van der Waals surface area contributed by atoms with Gasteiger partial charge in [-0.2, -0.15) is 0 Å². The monoisotopic (exact) mass is 282 g/mol. The molecule has 2 heterocycles. The smallest absolute Gasteiger partial charge is 0.178 e. The summed E-state index contributed by atoms with van der Waals surface area (Å²) in [6.07, 6.45) is 7.52. The topological polar surface area (TPSA) is 41.5 Å². The van der Waals surface area contributed by atoms with Gasteiger partial charge in [0, 0.05) is 26.6 Å². The molecule has 0 spiro atoms. The van der Waals surface area contributed by atoms with E-state index in [2.05, 4.69) is 39.1 Å². The van der Waals surface area contributed by atoms with Crippen molar-refractivity contribution < 1.29 is 4.74 Å². The maximum Gasteiger partial charge on any atom is 0.178 e. The van der Waals surface area contributed by atoms with E-state index < -0.39 is 0 Å². The molecule has 5 nitrogen and oxygen atoms in total. The summed E-state index contributed by atoms with van der Waals surface area (Å²) in [4.78, 5) is 13.0. The minimum absolute atomic E-state index is 0.436. The van der Waals surface area contributed by atoms with E-state index in [4.69, 9.17) is 4.74 Å². The van der Waals surface area contributed by atoms with E-state index in [0.717, 1.165) is 28.6 Å². The van der Waals surface area contributed by atoms with Crippen LogP contribution in [0.1, 0.15) is 12.5 Å². The molecular formula is C16H18N4O. The lowest BCUT2D eigenvalue weighted by atomic mass is 10.1. The lowest BCUT2D eigenvalue weighted by Gasteiger charge is -2.36. The van der Waals surface area contributed by atoms with Crippen LogP contribution < -0.4 is 9.80 Å². The predicted octanol–water partition coefficient (Wildman–Crippen LogP) is 3.33. The Labute approximate surface area is 124 Å². The lowest BCUT2D eigenvalue weighted by molar-refractivity contribution is 0.205. The van der Waals surface area contributed by atoms with Crippen molar-refractivity contribution in [3.05, 3.63) is 42.2 Å². The summed E-state index contributed by atoms with van der Waals surface area (Å²) in [6.45, 7) is 2.45. The highest BCUT2D eigenvalue weighted by atomic mass is 16.5. The third-order valence-electron chi connectivity index (χ3n) is 3.50. The number of hydrogen-bond acceptors (Lipinski definition) is 5. The summed E-state index contributed by atoms with van der Waals surface area (Å²) >= 11 is 0. The minimum Gasteiger partial charge on any atom is -0.364 e. The highest BCUT2D eigenvalue weighted by Gasteiger charge is 2.28. The first-order valence-electron chi connectivity index (χ1n) is 6.84. The van der Waals surface area contributed by atoms with E-state index in [9.17, 15) is 0 Å². The number of methoxy groups -OCH3 is 1. The number of nitrogens with zero attached hydrogens (tertiary/aromatic N) is 4. The SMILES string of the molecule is C/C=C/c1ccc2c(c1)N(COC)c1nccnc1N2C. The average Bonchev–Trinajstić information content (AvgIpc) is 2.52. The molecule has 108 valence electrons. The van der Waals surface area contributed by atoms with Crippen LogP contribution >= 0.6 is 0 Å². The zero-order valence-corrected chi connectivity index (χ0v) is 12.4. The number of fused-ring (bicyclic) bond motifs is 2. The number of hydrogen-bond donors (Lipinski definition) is 0. The Kier molecular flexibility index (Phi) is 3.58. The fourth-order valence-electron chi connectivity index (χ4n) is 2.57. The maximum atomic E-state index is 5.35. The second-order valence-corrected chi connectivity index (χ2v) is 4.86. The number of allylic oxidation sites excluding steroid dienone is 1. The van der Waals surface area contributed by atoms with Crippen molar-refractivity contribution in [1.29, 1.82) is 0 Å². The Bertz CT molecular complexity index is 684. The summed E-state index contributed by atoms with van der Waals surface area (Å²) < 4.78 is 5.35. The molecule has 0 saturated heterocycles. The number of ether oxygens (including phenoxy) is 1. The highest BCUT2D eigenvalue weighted by Crippen LogP contribution is 2.44. The van der Waals surface area contributed by atoms with Gasteiger partial charge < -0.3 is 9.64 Å². The first-order valence-corrected chi connectivity index (χ1v) is 6.84. The molecule has 21 heavy (non-hydrogen) atoms. The van der Waals surface area contributed by atoms with Gasteiger partial charge in [-0.05, 0) is 24.6 Å². The molecule has 1 aliphatic rings. The molecule has 3 rings (SSSR count). The van der Waals surface area contributed by atoms with Crippen LogP contribution in [0.3, 0.4) is 0 Å². The van der Waals surface area contributed by atoms with Gasteiger partial charge >= 0.3 is 0 Å². The Morgan fingerprint density at radius 1 is 1.14 bits per heavy atom. The van der Waals surface area contributed by atoms with E-state index in [1.165, 1.54) is 0 Å². The Balaban J connectivity index is 2.18. The van der Waals surface area contributed by atoms with E-state index in [1.807, 2.05) is 24.9 Å². The molecular weight excluding hydrogens is 264 g/mol. The molecule has 0 aliphatic carbocycles. The first kappa shape index (κ1) is 13.6. The van der Waals surface area contributed by atoms with Crippen LogP contribution in [0, 0.1) is 0 Å². The van der Waals surface area contributed by atoms with E-state index in [-0.39, 0.29) is 0 Å². The fraction of sp³-hybridized carbons (Fsp3) is 0.250. The van der Waals surface area contributed by atoms with Crippen molar-refractivity contribution >= 4 is 29.1 Å². The Morgan fingerprint density at radius 3 is 2.62 bits per heavy atom. The molecule has 1 aromatic carbocycles. The van der Waals surface area contributed by atoms with E-state index in [0.29, 0.717) is 6.73 Å². The molecule has 0 amide bonds. The molecule has 5 heteroatoms. The van der Waals surface area contributed by atoms with Crippen molar-refractivity contribution in [1.82, 2.24) is 9.97 Å². The number of benzene rings is 1. The number of anilines is 4. The second-order valence-electron chi connectivity index (χ2n) is 4.86. The van der Waals surface area contributed by atoms with Crippen LogP contribution in [0.15, 0.2) is 36.7 Å². The normalized spacial score (nSPS) is 13.5. The predicted molar refractivity (Wildman–Crippen MR) is 85.3 cm³/mol. The van der Waals surface area contributed by atoms with Crippen LogP contribution in [0.4, 0.5) is 23.0 Å². The van der Waals surface area contributed by atoms with Gasteiger partial charge in [-0.15, -0.1) is 0 Å². The van der Waals surface area contributed by atoms with Crippen molar-refractivity contribution in [3.63, 3.8) is 0 Å². The van der Waals surface area contributed by atoms with Crippen molar-refractivity contribution in [2.45, 2.75) is 6.92 Å². The molecule has 0 saturated carbocycles. The van der Waals surface area contributed by atoms with Gasteiger partial charge in [-0.1, -0.05) is 18.2 Å². The summed E-state index contributed by atoms with van der Waals surface area (Å²) in [5.41, 5.74) is 3.31. The van der Waals surface area contributed by atoms with Crippen LogP contribution in [-0.4, -0.2) is 30.9 Å². The van der Waals surface area contributed by atoms with Crippen LogP contribution in [0.25, 0.3) is 6.08 Å². The van der Waals surface area contributed by atoms with Gasteiger partial charge in [-0.3, -0.25) is 4.90 Å². The molecule has 0 unspecified atom stereocenters. The zero-order chi connectivity index (χ0) is 14.8. The van der Waals surface area contributed by atoms with Crippen LogP contribution in [0.2, 0.25) is 0 Å². The van der Waals surface area contributed by atoms with Gasteiger partial charge in [-0.25, -0.2) is 9.97 Å². The largest absolute Gasteiger partial charge is 0.364 e. The summed E-state index contributed by atoms with van der Waals surface area (Å²) in [5.74, 6) is 1.65.